The van der Waals surface area contributed by atoms with Gasteiger partial charge in [-0.3, -0.25) is 19.1 Å². The number of rotatable bonds is 11. The van der Waals surface area contributed by atoms with E-state index in [0.717, 1.165) is 43.2 Å². The second-order valence-electron chi connectivity index (χ2n) is 18.7. The Bertz CT molecular complexity index is 2350. The van der Waals surface area contributed by atoms with Crippen LogP contribution in [-0.2, 0) is 42.2 Å². The number of pyridine rings is 1. The summed E-state index contributed by atoms with van der Waals surface area (Å²) in [6, 6.07) is 13.1. The van der Waals surface area contributed by atoms with E-state index >= 15 is 4.79 Å². The Morgan fingerprint density at radius 3 is 2.51 bits per heavy atom. The number of methoxy groups -OCH3 is 1. The first kappa shape index (κ1) is 44.2. The molecular weight excluding hydrogens is 827 g/mol. The Hall–Kier alpha value is -5.38. The summed E-state index contributed by atoms with van der Waals surface area (Å²) in [6.07, 6.45) is 7.48. The van der Waals surface area contributed by atoms with Crippen LogP contribution in [0.5, 0.6) is 17.4 Å². The van der Waals surface area contributed by atoms with Crippen molar-refractivity contribution in [1.29, 1.82) is 0 Å². The summed E-state index contributed by atoms with van der Waals surface area (Å²) in [5.74, 6) is -1.29. The lowest BCUT2D eigenvalue weighted by Crippen LogP contribution is -2.59. The third-order valence-electron chi connectivity index (χ3n) is 13.3. The standard InChI is InChI=1S/C47H59N5O10S/c1-5-32-25-47(32,44(55)51-63(57,58)34-18-19-34)50-42(53)37-22-33-26-52(37)43(54)41(30-15-10-7-11-16-30)49-45(56)61-28-46(2,3)20-12-17-31-21-35-36(23-38(31)59-4)48-40(24-39(35)62-33)60-27-29-13-8-6-9-14-29/h5-6,8-9,13-14,21,23-24,30,32-34,37,41H,1,7,10-12,15-20,22,25-28H2,2-4H3,(H,49,56)(H,50,53)(H,51,55)/t32-,33+,37-,41-,47+/m0/s1. The van der Waals surface area contributed by atoms with Crippen LogP contribution in [0.25, 0.3) is 10.9 Å². The molecule has 3 saturated carbocycles. The fourth-order valence-electron chi connectivity index (χ4n) is 9.39. The number of fused-ring (bicyclic) bond motifs is 3. The fourth-order valence-corrected chi connectivity index (χ4v) is 10.8. The van der Waals surface area contributed by atoms with Crippen molar-refractivity contribution in [2.24, 2.45) is 17.3 Å². The molecule has 3 N–H and O–H groups in total. The maximum Gasteiger partial charge on any atom is 0.407 e. The van der Waals surface area contributed by atoms with Crippen LogP contribution in [-0.4, -0.2) is 91.4 Å². The molecule has 4 fully saturated rings. The molecule has 16 heteroatoms. The van der Waals surface area contributed by atoms with Gasteiger partial charge in [-0.1, -0.05) is 69.5 Å². The summed E-state index contributed by atoms with van der Waals surface area (Å²) >= 11 is 0. The Morgan fingerprint density at radius 2 is 1.81 bits per heavy atom. The van der Waals surface area contributed by atoms with Crippen LogP contribution in [0, 0.1) is 17.3 Å². The smallest absolute Gasteiger partial charge is 0.407 e. The number of nitrogens with one attached hydrogen (secondary N) is 3. The number of ether oxygens (including phenoxy) is 4. The van der Waals surface area contributed by atoms with Gasteiger partial charge in [-0.2, -0.15) is 0 Å². The maximum absolute atomic E-state index is 15.1. The SMILES string of the molecule is C=C[C@H]1C[C@]1(NC(=O)[C@@H]1C[C@@H]2CN1C(=O)[C@H](C1CCCCC1)NC(=O)OCC(C)(C)CCCc1cc3c(cc(OCc4ccccc4)nc3cc1OC)O2)C(=O)NS(=O)(=O)C1CC1. The van der Waals surface area contributed by atoms with Gasteiger partial charge in [0.1, 0.15) is 41.8 Å². The number of hydrogen-bond acceptors (Lipinski definition) is 11. The highest BCUT2D eigenvalue weighted by molar-refractivity contribution is 7.91. The van der Waals surface area contributed by atoms with Gasteiger partial charge in [0.15, 0.2) is 0 Å². The van der Waals surface area contributed by atoms with Crippen LogP contribution < -0.4 is 29.6 Å². The molecule has 0 unspecified atom stereocenters. The van der Waals surface area contributed by atoms with Gasteiger partial charge >= 0.3 is 6.09 Å². The minimum atomic E-state index is -3.93. The molecule has 0 radical (unpaired) electrons. The molecule has 4 bridgehead atoms. The number of carbonyl (C=O) groups is 4. The predicted molar refractivity (Wildman–Crippen MR) is 234 cm³/mol. The zero-order chi connectivity index (χ0) is 44.5. The minimum Gasteiger partial charge on any atom is -0.496 e. The molecule has 2 aromatic carbocycles. The van der Waals surface area contributed by atoms with E-state index in [1.54, 1.807) is 13.2 Å². The lowest BCUT2D eigenvalue weighted by molar-refractivity contribution is -0.142. The lowest BCUT2D eigenvalue weighted by Gasteiger charge is -2.35. The quantitative estimate of drug-likeness (QED) is 0.195. The van der Waals surface area contributed by atoms with Gasteiger partial charge in [0, 0.05) is 29.9 Å². The zero-order valence-corrected chi connectivity index (χ0v) is 37.2. The third kappa shape index (κ3) is 9.90. The number of benzene rings is 2. The number of carbonyl (C=O) groups excluding carboxylic acids is 4. The zero-order valence-electron chi connectivity index (χ0n) is 36.4. The van der Waals surface area contributed by atoms with E-state index in [9.17, 15) is 22.8 Å². The molecule has 3 aromatic rings. The van der Waals surface area contributed by atoms with Gasteiger partial charge in [0.05, 0.1) is 31.0 Å². The molecule has 2 aliphatic heterocycles. The van der Waals surface area contributed by atoms with E-state index in [1.807, 2.05) is 56.3 Å². The summed E-state index contributed by atoms with van der Waals surface area (Å²) in [6.45, 7) is 8.24. The first-order valence-corrected chi connectivity index (χ1v) is 23.8. The van der Waals surface area contributed by atoms with E-state index < -0.39 is 74.1 Å². The highest BCUT2D eigenvalue weighted by Crippen LogP contribution is 2.46. The van der Waals surface area contributed by atoms with Crippen LogP contribution in [0.3, 0.4) is 0 Å². The summed E-state index contributed by atoms with van der Waals surface area (Å²) in [7, 11) is -2.31. The third-order valence-corrected chi connectivity index (χ3v) is 15.1. The molecule has 8 rings (SSSR count). The van der Waals surface area contributed by atoms with Crippen molar-refractivity contribution in [2.75, 3.05) is 20.3 Å². The molecular formula is C47H59N5O10S. The van der Waals surface area contributed by atoms with E-state index in [-0.39, 0.29) is 38.5 Å². The molecule has 15 nitrogen and oxygen atoms in total. The number of sulfonamides is 1. The van der Waals surface area contributed by atoms with Crippen molar-refractivity contribution < 1.29 is 46.5 Å². The second-order valence-corrected chi connectivity index (χ2v) is 20.7. The Kier molecular flexibility index (Phi) is 12.6. The monoisotopic (exact) mass is 885 g/mol. The van der Waals surface area contributed by atoms with Gasteiger partial charge in [0.25, 0.3) is 5.91 Å². The number of alkyl carbamates (subject to hydrolysis) is 1. The van der Waals surface area contributed by atoms with Crippen molar-refractivity contribution in [3.63, 3.8) is 0 Å². The van der Waals surface area contributed by atoms with Crippen LogP contribution in [0.4, 0.5) is 4.79 Å². The molecule has 0 spiro atoms. The Labute approximate surface area is 369 Å². The predicted octanol–water partition coefficient (Wildman–Crippen LogP) is 5.88. The Balaban J connectivity index is 1.17. The summed E-state index contributed by atoms with van der Waals surface area (Å²) in [5.41, 5.74) is 0.475. The highest BCUT2D eigenvalue weighted by Gasteiger charge is 2.62. The van der Waals surface area contributed by atoms with Crippen LogP contribution in [0.1, 0.15) is 95.6 Å². The second kappa shape index (κ2) is 18.0. The molecule has 63 heavy (non-hydrogen) atoms. The molecule has 1 aromatic heterocycles. The minimum absolute atomic E-state index is 0.0253. The van der Waals surface area contributed by atoms with E-state index in [2.05, 4.69) is 21.9 Å². The van der Waals surface area contributed by atoms with Gasteiger partial charge in [-0.05, 0) is 79.9 Å². The number of cyclic esters (lactones) is 1. The maximum atomic E-state index is 15.1. The van der Waals surface area contributed by atoms with Crippen molar-refractivity contribution in [3.8, 4) is 17.4 Å². The number of aromatic nitrogens is 1. The largest absolute Gasteiger partial charge is 0.496 e. The molecule has 338 valence electrons. The van der Waals surface area contributed by atoms with E-state index in [4.69, 9.17) is 23.9 Å². The van der Waals surface area contributed by atoms with E-state index in [0.29, 0.717) is 60.4 Å². The fraction of sp³-hybridized carbons (Fsp3) is 0.553. The normalized spacial score (nSPS) is 26.6. The lowest BCUT2D eigenvalue weighted by atomic mass is 9.83. The summed E-state index contributed by atoms with van der Waals surface area (Å²) in [4.78, 5) is 63.4. The molecule has 1 saturated heterocycles. The van der Waals surface area contributed by atoms with Crippen LogP contribution >= 0.6 is 0 Å². The number of aryl methyl sites for hydroxylation is 1. The molecule has 4 amide bonds. The molecule has 5 aliphatic rings. The van der Waals surface area contributed by atoms with E-state index in [1.165, 1.54) is 11.0 Å². The summed E-state index contributed by atoms with van der Waals surface area (Å²) in [5, 5.41) is 5.83. The number of hydrogen-bond donors (Lipinski definition) is 3. The molecule has 3 aliphatic carbocycles. The summed E-state index contributed by atoms with van der Waals surface area (Å²) < 4.78 is 52.8. The first-order chi connectivity index (χ1) is 30.2. The topological polar surface area (TPSA) is 192 Å². The molecule has 5 atom stereocenters. The van der Waals surface area contributed by atoms with Crippen molar-refractivity contribution >= 4 is 44.7 Å². The molecule has 3 heterocycles. The van der Waals surface area contributed by atoms with Gasteiger partial charge in [-0.15, -0.1) is 6.58 Å². The number of amides is 4. The van der Waals surface area contributed by atoms with Gasteiger partial charge in [0.2, 0.25) is 27.7 Å². The van der Waals surface area contributed by atoms with Crippen LogP contribution in [0.2, 0.25) is 0 Å². The number of nitrogens with zero attached hydrogens (tertiary/aromatic N) is 2. The van der Waals surface area contributed by atoms with Gasteiger partial charge < -0.3 is 34.5 Å². The average Bonchev–Trinajstić information content (AvgIpc) is 4.21. The van der Waals surface area contributed by atoms with Gasteiger partial charge in [-0.25, -0.2) is 18.2 Å². The van der Waals surface area contributed by atoms with Crippen molar-refractivity contribution in [3.05, 3.63) is 72.3 Å². The average molecular weight is 886 g/mol. The first-order valence-electron chi connectivity index (χ1n) is 22.3. The van der Waals surface area contributed by atoms with Crippen LogP contribution in [0.15, 0.2) is 61.2 Å². The van der Waals surface area contributed by atoms with Crippen molar-refractivity contribution in [1.82, 2.24) is 25.2 Å². The highest BCUT2D eigenvalue weighted by atomic mass is 32.2. The Morgan fingerprint density at radius 1 is 1.05 bits per heavy atom. The van der Waals surface area contributed by atoms with Crippen molar-refractivity contribution in [2.45, 2.75) is 126 Å².